The molecule has 0 aliphatic carbocycles. The Hall–Kier alpha value is -3.79. The fourth-order valence-corrected chi connectivity index (χ4v) is 3.60. The van der Waals surface area contributed by atoms with Gasteiger partial charge in [-0.3, -0.25) is 19.4 Å². The predicted octanol–water partition coefficient (Wildman–Crippen LogP) is 2.12. The number of carbonyl (C=O) groups excluding carboxylic acids is 2. The third kappa shape index (κ3) is 6.63. The number of rotatable bonds is 10. The summed E-state index contributed by atoms with van der Waals surface area (Å²) in [5.41, 5.74) is 0.825. The zero-order chi connectivity index (χ0) is 25.5. The maximum Gasteiger partial charge on any atom is 0.267 e. The van der Waals surface area contributed by atoms with Crippen LogP contribution in [0.15, 0.2) is 41.3 Å². The van der Waals surface area contributed by atoms with E-state index in [1.54, 1.807) is 18.2 Å². The fraction of sp³-hybridized carbons (Fsp3) is 0.360. The van der Waals surface area contributed by atoms with E-state index in [1.807, 2.05) is 13.8 Å². The fourth-order valence-electron chi connectivity index (χ4n) is 3.60. The molecule has 0 aliphatic rings. The molecule has 0 bridgehead atoms. The number of ether oxygens (including phenoxy) is 1. The van der Waals surface area contributed by atoms with Crippen molar-refractivity contribution in [3.8, 4) is 5.75 Å². The molecule has 3 rings (SSSR count). The molecule has 0 radical (unpaired) electrons. The lowest BCUT2D eigenvalue weighted by Crippen LogP contribution is -2.37. The number of hydrogen-bond acceptors (Lipinski definition) is 6. The van der Waals surface area contributed by atoms with Crippen molar-refractivity contribution in [3.63, 3.8) is 0 Å². The monoisotopic (exact) mass is 484 g/mol. The summed E-state index contributed by atoms with van der Waals surface area (Å²) in [5.74, 6) is -1.87. The zero-order valence-corrected chi connectivity index (χ0v) is 19.9. The minimum Gasteiger partial charge on any atom is -0.505 e. The highest BCUT2D eigenvalue weighted by atomic mass is 19.1. The summed E-state index contributed by atoms with van der Waals surface area (Å²) < 4.78 is 19.9. The number of carbonyl (C=O) groups is 2. The SMILES string of the molecule is CC(=O)NCCn1c(=O)c(C(=O)NCCOC(C)C)c(O)c2ncc(Cc3ccc(F)cc3)cc21. The molecule has 9 nitrogen and oxygen atoms in total. The van der Waals surface area contributed by atoms with Gasteiger partial charge in [0.15, 0.2) is 5.75 Å². The Labute approximate surface area is 201 Å². The van der Waals surface area contributed by atoms with Gasteiger partial charge in [-0.1, -0.05) is 12.1 Å². The number of aromatic hydroxyl groups is 1. The summed E-state index contributed by atoms with van der Waals surface area (Å²) in [4.78, 5) is 41.7. The number of halogens is 1. The molecule has 3 N–H and O–H groups in total. The summed E-state index contributed by atoms with van der Waals surface area (Å²) in [7, 11) is 0. The van der Waals surface area contributed by atoms with Gasteiger partial charge in [-0.25, -0.2) is 4.39 Å². The Kier molecular flexibility index (Phi) is 8.53. The highest BCUT2D eigenvalue weighted by Crippen LogP contribution is 2.26. The average molecular weight is 485 g/mol. The third-order valence-corrected chi connectivity index (χ3v) is 5.23. The van der Waals surface area contributed by atoms with Gasteiger partial charge in [0.05, 0.1) is 18.2 Å². The van der Waals surface area contributed by atoms with Gasteiger partial charge < -0.3 is 25.0 Å². The van der Waals surface area contributed by atoms with Crippen LogP contribution in [-0.2, 0) is 22.5 Å². The van der Waals surface area contributed by atoms with Crippen LogP contribution in [-0.4, -0.2) is 52.3 Å². The van der Waals surface area contributed by atoms with Gasteiger partial charge in [-0.05, 0) is 49.6 Å². The first kappa shape index (κ1) is 25.8. The number of aromatic nitrogens is 2. The second-order valence-corrected chi connectivity index (χ2v) is 8.35. The number of amides is 2. The molecule has 2 amide bonds. The maximum atomic E-state index is 13.3. The first-order valence-electron chi connectivity index (χ1n) is 11.3. The lowest BCUT2D eigenvalue weighted by molar-refractivity contribution is -0.118. The van der Waals surface area contributed by atoms with Crippen molar-refractivity contribution in [2.75, 3.05) is 19.7 Å². The zero-order valence-electron chi connectivity index (χ0n) is 19.9. The van der Waals surface area contributed by atoms with Crippen LogP contribution in [0.5, 0.6) is 5.75 Å². The van der Waals surface area contributed by atoms with Crippen molar-refractivity contribution in [1.82, 2.24) is 20.2 Å². The van der Waals surface area contributed by atoms with Crippen molar-refractivity contribution in [3.05, 3.63) is 69.4 Å². The molecule has 186 valence electrons. The van der Waals surface area contributed by atoms with Gasteiger partial charge in [0, 0.05) is 32.8 Å². The van der Waals surface area contributed by atoms with Crippen LogP contribution in [0.3, 0.4) is 0 Å². The van der Waals surface area contributed by atoms with Gasteiger partial charge in [-0.2, -0.15) is 0 Å². The normalized spacial score (nSPS) is 11.1. The number of nitrogens with zero attached hydrogens (tertiary/aromatic N) is 2. The first-order valence-corrected chi connectivity index (χ1v) is 11.3. The Morgan fingerprint density at radius 2 is 1.86 bits per heavy atom. The lowest BCUT2D eigenvalue weighted by atomic mass is 10.1. The summed E-state index contributed by atoms with van der Waals surface area (Å²) in [5, 5.41) is 16.0. The molecule has 1 aromatic carbocycles. The van der Waals surface area contributed by atoms with Crippen LogP contribution in [0.2, 0.25) is 0 Å². The summed E-state index contributed by atoms with van der Waals surface area (Å²) >= 11 is 0. The van der Waals surface area contributed by atoms with E-state index in [2.05, 4.69) is 15.6 Å². The first-order chi connectivity index (χ1) is 16.7. The third-order valence-electron chi connectivity index (χ3n) is 5.23. The van der Waals surface area contributed by atoms with E-state index in [0.717, 1.165) is 11.1 Å². The highest BCUT2D eigenvalue weighted by Gasteiger charge is 2.23. The molecule has 3 aromatic rings. The standard InChI is InChI=1S/C25H29FN4O5/c1-15(2)35-11-9-28-24(33)21-23(32)22-20(30(25(21)34)10-8-27-16(3)31)13-18(14-29-22)12-17-4-6-19(26)7-5-17/h4-7,13-15,32H,8-12H2,1-3H3,(H,27,31)(H,28,33). The van der Waals surface area contributed by atoms with E-state index in [1.165, 1.54) is 29.8 Å². The number of nitrogens with one attached hydrogen (secondary N) is 2. The predicted molar refractivity (Wildman–Crippen MR) is 129 cm³/mol. The maximum absolute atomic E-state index is 13.3. The van der Waals surface area contributed by atoms with Crippen molar-refractivity contribution in [2.24, 2.45) is 0 Å². The number of benzene rings is 1. The van der Waals surface area contributed by atoms with Crippen molar-refractivity contribution >= 4 is 22.8 Å². The average Bonchev–Trinajstić information content (AvgIpc) is 2.80. The van der Waals surface area contributed by atoms with Crippen LogP contribution < -0.4 is 16.2 Å². The van der Waals surface area contributed by atoms with Gasteiger partial charge in [-0.15, -0.1) is 0 Å². The molecule has 0 atom stereocenters. The van der Waals surface area contributed by atoms with Crippen LogP contribution in [0.25, 0.3) is 11.0 Å². The van der Waals surface area contributed by atoms with Crippen molar-refractivity contribution < 1.29 is 23.8 Å². The molecule has 35 heavy (non-hydrogen) atoms. The smallest absolute Gasteiger partial charge is 0.267 e. The largest absolute Gasteiger partial charge is 0.505 e. The summed E-state index contributed by atoms with van der Waals surface area (Å²) in [6.07, 6.45) is 1.94. The molecule has 0 unspecified atom stereocenters. The van der Waals surface area contributed by atoms with E-state index >= 15 is 0 Å². The molecule has 0 spiro atoms. The van der Waals surface area contributed by atoms with E-state index in [-0.39, 0.29) is 49.6 Å². The number of hydrogen-bond donors (Lipinski definition) is 3. The van der Waals surface area contributed by atoms with Crippen LogP contribution >= 0.6 is 0 Å². The van der Waals surface area contributed by atoms with Crippen LogP contribution in [0.1, 0.15) is 42.3 Å². The van der Waals surface area contributed by atoms with Crippen LogP contribution in [0.4, 0.5) is 4.39 Å². The number of fused-ring (bicyclic) bond motifs is 1. The second-order valence-electron chi connectivity index (χ2n) is 8.35. The molecule has 0 saturated carbocycles. The molecular weight excluding hydrogens is 455 g/mol. The van der Waals surface area contributed by atoms with E-state index < -0.39 is 22.8 Å². The summed E-state index contributed by atoms with van der Waals surface area (Å²) in [6, 6.07) is 7.71. The Balaban J connectivity index is 2.00. The topological polar surface area (TPSA) is 123 Å². The second kappa shape index (κ2) is 11.6. The van der Waals surface area contributed by atoms with Gasteiger partial charge in [0.1, 0.15) is 16.9 Å². The van der Waals surface area contributed by atoms with E-state index in [4.69, 9.17) is 4.74 Å². The van der Waals surface area contributed by atoms with Crippen molar-refractivity contribution in [1.29, 1.82) is 0 Å². The Morgan fingerprint density at radius 1 is 1.14 bits per heavy atom. The Bertz CT molecular complexity index is 1270. The number of pyridine rings is 2. The lowest BCUT2D eigenvalue weighted by Gasteiger charge is -2.16. The summed E-state index contributed by atoms with van der Waals surface area (Å²) in [6.45, 7) is 5.69. The molecule has 2 heterocycles. The molecule has 2 aromatic heterocycles. The highest BCUT2D eigenvalue weighted by molar-refractivity contribution is 6.01. The molecule has 0 aliphatic heterocycles. The quantitative estimate of drug-likeness (QED) is 0.379. The molecule has 0 saturated heterocycles. The van der Waals surface area contributed by atoms with Gasteiger partial charge in [0.25, 0.3) is 11.5 Å². The molecule has 10 heteroatoms. The Morgan fingerprint density at radius 3 is 2.51 bits per heavy atom. The molecule has 0 fully saturated rings. The molecular formula is C25H29FN4O5. The van der Waals surface area contributed by atoms with Gasteiger partial charge in [0.2, 0.25) is 5.91 Å². The van der Waals surface area contributed by atoms with Gasteiger partial charge >= 0.3 is 0 Å². The van der Waals surface area contributed by atoms with Crippen molar-refractivity contribution in [2.45, 2.75) is 39.8 Å². The minimum atomic E-state index is -0.743. The van der Waals surface area contributed by atoms with Crippen LogP contribution in [0, 0.1) is 5.82 Å². The minimum absolute atomic E-state index is 0.0136. The van der Waals surface area contributed by atoms with E-state index in [9.17, 15) is 23.9 Å². The van der Waals surface area contributed by atoms with E-state index in [0.29, 0.717) is 11.9 Å².